The summed E-state index contributed by atoms with van der Waals surface area (Å²) in [6.07, 6.45) is -2.26. The summed E-state index contributed by atoms with van der Waals surface area (Å²) in [5.74, 6) is -1.07. The van der Waals surface area contributed by atoms with E-state index in [0.29, 0.717) is 31.2 Å². The van der Waals surface area contributed by atoms with E-state index < -0.39 is 29.6 Å². The molecule has 0 aromatic heterocycles. The number of urea groups is 1. The number of halogens is 4. The molecule has 0 saturated heterocycles. The molecule has 1 aliphatic rings. The molecule has 3 rings (SSSR count). The zero-order chi connectivity index (χ0) is 22.6. The number of carbonyl (C=O) groups excluding carboxylic acids is 2. The lowest BCUT2D eigenvalue weighted by atomic mass is 9.86. The highest BCUT2D eigenvalue weighted by Crippen LogP contribution is 2.32. The van der Waals surface area contributed by atoms with Crippen LogP contribution in [0.1, 0.15) is 48.4 Å². The third-order valence-electron chi connectivity index (χ3n) is 5.49. The van der Waals surface area contributed by atoms with Crippen LogP contribution in [0.5, 0.6) is 0 Å². The Bertz CT molecular complexity index is 923. The standard InChI is InChI=1S/C22H23F4N3O2/c23-17-8-4-13(5-9-17)19(15-2-1-3-16(12-15)22(24,25)26)29-21(31)28-18-10-6-14(7-11-18)20(27)30/h1-5,8-9,12,14,18-19H,6-7,10-11H2,(H2,27,30)(H2,28,29,31). The molecule has 4 N–H and O–H groups in total. The van der Waals surface area contributed by atoms with E-state index in [-0.39, 0.29) is 23.4 Å². The summed E-state index contributed by atoms with van der Waals surface area (Å²) in [5.41, 5.74) is 5.13. The minimum atomic E-state index is -4.54. The molecular weight excluding hydrogens is 414 g/mol. The highest BCUT2D eigenvalue weighted by Gasteiger charge is 2.32. The molecule has 1 saturated carbocycles. The lowest BCUT2D eigenvalue weighted by Gasteiger charge is -2.28. The summed E-state index contributed by atoms with van der Waals surface area (Å²) < 4.78 is 52.8. The summed E-state index contributed by atoms with van der Waals surface area (Å²) in [4.78, 5) is 23.9. The topological polar surface area (TPSA) is 84.2 Å². The number of carbonyl (C=O) groups is 2. The van der Waals surface area contributed by atoms with Gasteiger partial charge in [-0.2, -0.15) is 13.2 Å². The van der Waals surface area contributed by atoms with Gasteiger partial charge in [-0.3, -0.25) is 4.79 Å². The van der Waals surface area contributed by atoms with Gasteiger partial charge in [0.05, 0.1) is 11.6 Å². The van der Waals surface area contributed by atoms with Crippen molar-refractivity contribution in [3.05, 3.63) is 71.0 Å². The van der Waals surface area contributed by atoms with E-state index in [9.17, 15) is 27.2 Å². The minimum Gasteiger partial charge on any atom is -0.369 e. The summed E-state index contributed by atoms with van der Waals surface area (Å²) in [6.45, 7) is 0. The Hall–Kier alpha value is -3.10. The van der Waals surface area contributed by atoms with Crippen LogP contribution in [0.25, 0.3) is 0 Å². The zero-order valence-electron chi connectivity index (χ0n) is 16.6. The number of nitrogens with two attached hydrogens (primary N) is 1. The highest BCUT2D eigenvalue weighted by atomic mass is 19.4. The first-order valence-electron chi connectivity index (χ1n) is 9.92. The van der Waals surface area contributed by atoms with Gasteiger partial charge < -0.3 is 16.4 Å². The van der Waals surface area contributed by atoms with Crippen LogP contribution in [0.4, 0.5) is 22.4 Å². The Morgan fingerprint density at radius 1 is 0.968 bits per heavy atom. The van der Waals surface area contributed by atoms with Crippen LogP contribution in [0.3, 0.4) is 0 Å². The second-order valence-corrected chi connectivity index (χ2v) is 7.68. The van der Waals surface area contributed by atoms with Crippen LogP contribution in [0, 0.1) is 11.7 Å². The van der Waals surface area contributed by atoms with Gasteiger partial charge in [0.2, 0.25) is 5.91 Å². The normalized spacial score (nSPS) is 20.0. The van der Waals surface area contributed by atoms with Gasteiger partial charge in [-0.1, -0.05) is 24.3 Å². The van der Waals surface area contributed by atoms with Crippen LogP contribution in [-0.4, -0.2) is 18.0 Å². The number of alkyl halides is 3. The van der Waals surface area contributed by atoms with Crippen molar-refractivity contribution in [1.82, 2.24) is 10.6 Å². The smallest absolute Gasteiger partial charge is 0.369 e. The molecule has 1 atom stereocenters. The first kappa shape index (κ1) is 22.6. The summed E-state index contributed by atoms with van der Waals surface area (Å²) >= 11 is 0. The molecule has 31 heavy (non-hydrogen) atoms. The molecule has 2 aromatic carbocycles. The molecule has 0 radical (unpaired) electrons. The van der Waals surface area contributed by atoms with E-state index in [1.54, 1.807) is 0 Å². The van der Waals surface area contributed by atoms with Gasteiger partial charge >= 0.3 is 12.2 Å². The Morgan fingerprint density at radius 3 is 2.19 bits per heavy atom. The molecule has 1 fully saturated rings. The van der Waals surface area contributed by atoms with E-state index in [0.717, 1.165) is 12.1 Å². The molecule has 3 amide bonds. The minimum absolute atomic E-state index is 0.175. The number of nitrogens with one attached hydrogen (secondary N) is 2. The lowest BCUT2D eigenvalue weighted by Crippen LogP contribution is -2.45. The van der Waals surface area contributed by atoms with Gasteiger partial charge in [-0.25, -0.2) is 9.18 Å². The lowest BCUT2D eigenvalue weighted by molar-refractivity contribution is -0.137. The van der Waals surface area contributed by atoms with Crippen molar-refractivity contribution in [3.8, 4) is 0 Å². The van der Waals surface area contributed by atoms with E-state index in [2.05, 4.69) is 10.6 Å². The Morgan fingerprint density at radius 2 is 1.61 bits per heavy atom. The molecule has 9 heteroatoms. The average molecular weight is 437 g/mol. The molecule has 166 valence electrons. The summed E-state index contributed by atoms with van der Waals surface area (Å²) in [6, 6.07) is 8.19. The molecular formula is C22H23F4N3O2. The number of amides is 3. The molecule has 0 aliphatic heterocycles. The second-order valence-electron chi connectivity index (χ2n) is 7.68. The van der Waals surface area contributed by atoms with E-state index in [4.69, 9.17) is 5.73 Å². The van der Waals surface area contributed by atoms with Gasteiger partial charge in [0.15, 0.2) is 0 Å². The fourth-order valence-electron chi connectivity index (χ4n) is 3.79. The van der Waals surface area contributed by atoms with Crippen LogP contribution in [-0.2, 0) is 11.0 Å². The van der Waals surface area contributed by atoms with Gasteiger partial charge in [0, 0.05) is 12.0 Å². The van der Waals surface area contributed by atoms with Crippen molar-refractivity contribution >= 4 is 11.9 Å². The predicted molar refractivity (Wildman–Crippen MR) is 106 cm³/mol. The van der Waals surface area contributed by atoms with Crippen LogP contribution in [0.15, 0.2) is 48.5 Å². The average Bonchev–Trinajstić information content (AvgIpc) is 2.72. The molecule has 2 aromatic rings. The quantitative estimate of drug-likeness (QED) is 0.610. The SMILES string of the molecule is NC(=O)C1CCC(NC(=O)NC(c2ccc(F)cc2)c2cccc(C(F)(F)F)c2)CC1. The number of benzene rings is 2. The zero-order valence-corrected chi connectivity index (χ0v) is 16.6. The molecule has 1 unspecified atom stereocenters. The van der Waals surface area contributed by atoms with Crippen molar-refractivity contribution in [2.24, 2.45) is 11.7 Å². The van der Waals surface area contributed by atoms with Crippen molar-refractivity contribution in [2.45, 2.75) is 43.9 Å². The largest absolute Gasteiger partial charge is 0.416 e. The first-order chi connectivity index (χ1) is 14.6. The number of primary amides is 1. The van der Waals surface area contributed by atoms with Gasteiger partial charge in [0.25, 0.3) is 0 Å². The van der Waals surface area contributed by atoms with E-state index in [1.165, 1.54) is 36.4 Å². The number of hydrogen-bond donors (Lipinski definition) is 3. The molecule has 0 spiro atoms. The van der Waals surface area contributed by atoms with E-state index >= 15 is 0 Å². The van der Waals surface area contributed by atoms with Gasteiger partial charge in [0.1, 0.15) is 5.82 Å². The first-order valence-corrected chi connectivity index (χ1v) is 9.92. The van der Waals surface area contributed by atoms with Gasteiger partial charge in [-0.15, -0.1) is 0 Å². The molecule has 1 aliphatic carbocycles. The van der Waals surface area contributed by atoms with Crippen molar-refractivity contribution in [3.63, 3.8) is 0 Å². The third-order valence-corrected chi connectivity index (χ3v) is 5.49. The second kappa shape index (κ2) is 9.36. The monoisotopic (exact) mass is 437 g/mol. The van der Waals surface area contributed by atoms with E-state index in [1.807, 2.05) is 0 Å². The maximum absolute atomic E-state index is 13.4. The van der Waals surface area contributed by atoms with Crippen molar-refractivity contribution in [1.29, 1.82) is 0 Å². The Kier molecular flexibility index (Phi) is 6.82. The third kappa shape index (κ3) is 5.96. The number of hydrogen-bond acceptors (Lipinski definition) is 2. The fourth-order valence-corrected chi connectivity index (χ4v) is 3.79. The highest BCUT2D eigenvalue weighted by molar-refractivity contribution is 5.77. The molecule has 0 bridgehead atoms. The molecule has 0 heterocycles. The summed E-state index contributed by atoms with van der Waals surface area (Å²) in [7, 11) is 0. The maximum atomic E-state index is 13.4. The summed E-state index contributed by atoms with van der Waals surface area (Å²) in [5, 5.41) is 5.50. The van der Waals surface area contributed by atoms with Crippen LogP contribution >= 0.6 is 0 Å². The van der Waals surface area contributed by atoms with Crippen molar-refractivity contribution in [2.75, 3.05) is 0 Å². The molecule has 5 nitrogen and oxygen atoms in total. The van der Waals surface area contributed by atoms with Gasteiger partial charge in [-0.05, 0) is 61.1 Å². The van der Waals surface area contributed by atoms with Crippen LogP contribution < -0.4 is 16.4 Å². The Balaban J connectivity index is 1.77. The fraction of sp³-hybridized carbons (Fsp3) is 0.364. The predicted octanol–water partition coefficient (Wildman–Crippen LogP) is 4.28. The van der Waals surface area contributed by atoms with Crippen LogP contribution in [0.2, 0.25) is 0 Å². The number of rotatable bonds is 5. The maximum Gasteiger partial charge on any atom is 0.416 e. The van der Waals surface area contributed by atoms with Crippen molar-refractivity contribution < 1.29 is 27.2 Å². The Labute approximate surface area is 177 Å².